The van der Waals surface area contributed by atoms with Crippen LogP contribution in [0.4, 0.5) is 11.4 Å². The quantitative estimate of drug-likeness (QED) is 0.456. The number of nitrogens with zero attached hydrogens (tertiary/aromatic N) is 3. The standard InChI is InChI=1S/C24H27Cl2N5O3/c1-30-24(21(26)15-28-30)20-14-19(29-23(32)16-27-18-4-2-17(25)3-5-18)6-7-22(20)34-13-10-31-8-11-33-12-9-31/h2-7,14-15,27H,8-13,16H2,1H3,(H,29,32). The highest BCUT2D eigenvalue weighted by Crippen LogP contribution is 2.36. The number of anilines is 2. The van der Waals surface area contributed by atoms with Crippen molar-refractivity contribution < 1.29 is 14.3 Å². The lowest BCUT2D eigenvalue weighted by atomic mass is 10.1. The third kappa shape index (κ3) is 6.42. The zero-order valence-electron chi connectivity index (χ0n) is 18.9. The van der Waals surface area contributed by atoms with Gasteiger partial charge in [-0.15, -0.1) is 0 Å². The van der Waals surface area contributed by atoms with Crippen molar-refractivity contribution in [2.75, 3.05) is 56.6 Å². The Kier molecular flexibility index (Phi) is 8.29. The van der Waals surface area contributed by atoms with Crippen LogP contribution in [0.2, 0.25) is 10.0 Å². The Balaban J connectivity index is 1.45. The molecule has 0 unspecified atom stereocenters. The summed E-state index contributed by atoms with van der Waals surface area (Å²) in [5, 5.41) is 11.4. The smallest absolute Gasteiger partial charge is 0.243 e. The number of carbonyl (C=O) groups excluding carboxylic acids is 1. The van der Waals surface area contributed by atoms with Gasteiger partial charge < -0.3 is 20.1 Å². The summed E-state index contributed by atoms with van der Waals surface area (Å²) in [5.41, 5.74) is 2.93. The highest BCUT2D eigenvalue weighted by molar-refractivity contribution is 6.33. The Labute approximate surface area is 208 Å². The summed E-state index contributed by atoms with van der Waals surface area (Å²) in [6.07, 6.45) is 1.59. The van der Waals surface area contributed by atoms with Gasteiger partial charge in [-0.3, -0.25) is 14.4 Å². The van der Waals surface area contributed by atoms with E-state index < -0.39 is 0 Å². The third-order valence-corrected chi connectivity index (χ3v) is 6.01. The summed E-state index contributed by atoms with van der Waals surface area (Å²) in [5.74, 6) is 0.494. The minimum Gasteiger partial charge on any atom is -0.492 e. The number of ether oxygens (including phenoxy) is 2. The number of rotatable bonds is 9. The summed E-state index contributed by atoms with van der Waals surface area (Å²) in [7, 11) is 1.82. The Morgan fingerprint density at radius 2 is 1.85 bits per heavy atom. The van der Waals surface area contributed by atoms with Gasteiger partial charge >= 0.3 is 0 Å². The van der Waals surface area contributed by atoms with Gasteiger partial charge in [0.15, 0.2) is 0 Å². The predicted octanol–water partition coefficient (Wildman–Crippen LogP) is 4.16. The molecule has 0 bridgehead atoms. The van der Waals surface area contributed by atoms with E-state index in [1.807, 2.05) is 37.4 Å². The zero-order valence-corrected chi connectivity index (χ0v) is 20.4. The first-order chi connectivity index (χ1) is 16.5. The molecule has 0 atom stereocenters. The molecule has 2 heterocycles. The Morgan fingerprint density at radius 3 is 2.56 bits per heavy atom. The zero-order chi connectivity index (χ0) is 23.9. The highest BCUT2D eigenvalue weighted by Gasteiger charge is 2.17. The predicted molar refractivity (Wildman–Crippen MR) is 135 cm³/mol. The Morgan fingerprint density at radius 1 is 1.12 bits per heavy atom. The minimum absolute atomic E-state index is 0.112. The van der Waals surface area contributed by atoms with Gasteiger partial charge in [-0.25, -0.2) is 0 Å². The van der Waals surface area contributed by atoms with Crippen molar-refractivity contribution in [1.29, 1.82) is 0 Å². The fraction of sp³-hybridized carbons (Fsp3) is 0.333. The molecule has 1 saturated heterocycles. The van der Waals surface area contributed by atoms with Crippen LogP contribution in [0.25, 0.3) is 11.3 Å². The summed E-state index contributed by atoms with van der Waals surface area (Å²) in [4.78, 5) is 14.8. The normalized spacial score (nSPS) is 14.1. The fourth-order valence-corrected chi connectivity index (χ4v) is 4.09. The van der Waals surface area contributed by atoms with Crippen molar-refractivity contribution in [3.05, 3.63) is 58.7 Å². The number of amides is 1. The third-order valence-electron chi connectivity index (χ3n) is 5.48. The first-order valence-electron chi connectivity index (χ1n) is 11.0. The Hall–Kier alpha value is -2.78. The maximum Gasteiger partial charge on any atom is 0.243 e. The van der Waals surface area contributed by atoms with E-state index in [0.717, 1.165) is 49.8 Å². The first kappa shape index (κ1) is 24.3. The molecule has 8 nitrogen and oxygen atoms in total. The van der Waals surface area contributed by atoms with Crippen molar-refractivity contribution in [2.24, 2.45) is 7.05 Å². The van der Waals surface area contributed by atoms with E-state index in [-0.39, 0.29) is 12.5 Å². The molecule has 0 spiro atoms. The highest BCUT2D eigenvalue weighted by atomic mass is 35.5. The number of carbonyl (C=O) groups is 1. The largest absolute Gasteiger partial charge is 0.492 e. The molecule has 1 aliphatic heterocycles. The van der Waals surface area contributed by atoms with Crippen molar-refractivity contribution in [2.45, 2.75) is 0 Å². The summed E-state index contributed by atoms with van der Waals surface area (Å²) in [6, 6.07) is 12.7. The molecule has 2 N–H and O–H groups in total. The lowest BCUT2D eigenvalue weighted by Crippen LogP contribution is -2.38. The number of hydrogen-bond acceptors (Lipinski definition) is 6. The molecule has 34 heavy (non-hydrogen) atoms. The van der Waals surface area contributed by atoms with Crippen molar-refractivity contribution in [3.63, 3.8) is 0 Å². The lowest BCUT2D eigenvalue weighted by Gasteiger charge is -2.26. The average molecular weight is 504 g/mol. The molecule has 10 heteroatoms. The molecule has 4 rings (SSSR count). The molecule has 1 fully saturated rings. The first-order valence-corrected chi connectivity index (χ1v) is 11.8. The van der Waals surface area contributed by atoms with Crippen LogP contribution >= 0.6 is 23.2 Å². The average Bonchev–Trinajstić information content (AvgIpc) is 3.18. The monoisotopic (exact) mass is 503 g/mol. The van der Waals surface area contributed by atoms with Gasteiger partial charge in [0.05, 0.1) is 36.7 Å². The number of morpholine rings is 1. The molecule has 180 valence electrons. The van der Waals surface area contributed by atoms with Gasteiger partial charge in [-0.05, 0) is 42.5 Å². The molecular formula is C24H27Cl2N5O3. The van der Waals surface area contributed by atoms with Crippen LogP contribution in [0.5, 0.6) is 5.75 Å². The van der Waals surface area contributed by atoms with Crippen LogP contribution < -0.4 is 15.4 Å². The van der Waals surface area contributed by atoms with Crippen LogP contribution in [-0.2, 0) is 16.6 Å². The number of aromatic nitrogens is 2. The molecule has 1 aromatic heterocycles. The molecule has 0 radical (unpaired) electrons. The van der Waals surface area contributed by atoms with Gasteiger partial charge in [-0.2, -0.15) is 5.10 Å². The van der Waals surface area contributed by atoms with E-state index in [2.05, 4.69) is 20.6 Å². The van der Waals surface area contributed by atoms with Gasteiger partial charge in [0.1, 0.15) is 12.4 Å². The van der Waals surface area contributed by atoms with Gasteiger partial charge in [0.25, 0.3) is 0 Å². The molecule has 3 aromatic rings. The van der Waals surface area contributed by atoms with E-state index in [1.54, 1.807) is 23.0 Å². The van der Waals surface area contributed by atoms with E-state index in [0.29, 0.717) is 28.1 Å². The number of benzene rings is 2. The molecular weight excluding hydrogens is 477 g/mol. The minimum atomic E-state index is -0.182. The maximum atomic E-state index is 12.5. The molecule has 1 aliphatic rings. The lowest BCUT2D eigenvalue weighted by molar-refractivity contribution is -0.114. The summed E-state index contributed by atoms with van der Waals surface area (Å²) in [6.45, 7) is 4.74. The topological polar surface area (TPSA) is 80.7 Å². The van der Waals surface area contributed by atoms with Crippen LogP contribution in [0, 0.1) is 0 Å². The maximum absolute atomic E-state index is 12.5. The fourth-order valence-electron chi connectivity index (χ4n) is 3.70. The second-order valence-corrected chi connectivity index (χ2v) is 8.73. The molecule has 1 amide bonds. The van der Waals surface area contributed by atoms with E-state index in [9.17, 15) is 4.79 Å². The van der Waals surface area contributed by atoms with Crippen LogP contribution in [0.15, 0.2) is 48.7 Å². The summed E-state index contributed by atoms with van der Waals surface area (Å²) >= 11 is 12.3. The van der Waals surface area contributed by atoms with E-state index in [1.165, 1.54) is 0 Å². The van der Waals surface area contributed by atoms with E-state index in [4.69, 9.17) is 32.7 Å². The van der Waals surface area contributed by atoms with Gasteiger partial charge in [0, 0.05) is 48.6 Å². The molecule has 0 saturated carbocycles. The van der Waals surface area contributed by atoms with E-state index >= 15 is 0 Å². The summed E-state index contributed by atoms with van der Waals surface area (Å²) < 4.78 is 13.2. The molecule has 2 aromatic carbocycles. The number of nitrogens with one attached hydrogen (secondary N) is 2. The van der Waals surface area contributed by atoms with Crippen LogP contribution in [0.1, 0.15) is 0 Å². The van der Waals surface area contributed by atoms with Gasteiger partial charge in [-0.1, -0.05) is 23.2 Å². The number of aryl methyl sites for hydroxylation is 1. The van der Waals surface area contributed by atoms with Crippen molar-refractivity contribution in [3.8, 4) is 17.0 Å². The van der Waals surface area contributed by atoms with Crippen LogP contribution in [-0.4, -0.2) is 66.6 Å². The van der Waals surface area contributed by atoms with Gasteiger partial charge in [0.2, 0.25) is 5.91 Å². The number of halogens is 2. The second-order valence-electron chi connectivity index (χ2n) is 7.89. The van der Waals surface area contributed by atoms with Crippen LogP contribution in [0.3, 0.4) is 0 Å². The van der Waals surface area contributed by atoms with Crippen molar-refractivity contribution in [1.82, 2.24) is 14.7 Å². The SMILES string of the molecule is Cn1ncc(Cl)c1-c1cc(NC(=O)CNc2ccc(Cl)cc2)ccc1OCCN1CCOCC1. The number of hydrogen-bond donors (Lipinski definition) is 2. The Bertz CT molecular complexity index is 1090. The van der Waals surface area contributed by atoms with Crippen molar-refractivity contribution >= 4 is 40.5 Å². The second kappa shape index (κ2) is 11.6. The molecule has 0 aliphatic carbocycles.